The van der Waals surface area contributed by atoms with Gasteiger partial charge in [0, 0.05) is 32.2 Å². The molecule has 2 saturated heterocycles. The number of nitrogens with zero attached hydrogens (tertiary/aromatic N) is 7. The summed E-state index contributed by atoms with van der Waals surface area (Å²) in [5.74, 6) is 1.36. The normalized spacial score (nSPS) is 16.0. The van der Waals surface area contributed by atoms with Gasteiger partial charge in [0.15, 0.2) is 5.75 Å². The van der Waals surface area contributed by atoms with Gasteiger partial charge in [-0.25, -0.2) is 5.43 Å². The summed E-state index contributed by atoms with van der Waals surface area (Å²) in [6.45, 7) is 3.55. The van der Waals surface area contributed by atoms with Crippen molar-refractivity contribution in [2.24, 2.45) is 5.10 Å². The highest BCUT2D eigenvalue weighted by molar-refractivity contribution is 9.11. The predicted molar refractivity (Wildman–Crippen MR) is 163 cm³/mol. The van der Waals surface area contributed by atoms with Crippen LogP contribution in [0.4, 0.5) is 36.7 Å². The maximum absolute atomic E-state index is 13.1. The summed E-state index contributed by atoms with van der Waals surface area (Å²) >= 11 is 6.75. The first-order valence-electron chi connectivity index (χ1n) is 13.7. The molecule has 0 amide bonds. The van der Waals surface area contributed by atoms with Gasteiger partial charge in [-0.1, -0.05) is 0 Å². The summed E-state index contributed by atoms with van der Waals surface area (Å²) in [5, 5.41) is 15.8. The van der Waals surface area contributed by atoms with Crippen molar-refractivity contribution in [3.63, 3.8) is 0 Å². The Labute approximate surface area is 262 Å². The van der Waals surface area contributed by atoms with Crippen LogP contribution in [0.5, 0.6) is 11.5 Å². The number of nitro benzene ring substituents is 1. The first kappa shape index (κ1) is 30.9. The van der Waals surface area contributed by atoms with Crippen molar-refractivity contribution in [3.8, 4) is 11.5 Å². The van der Waals surface area contributed by atoms with Crippen LogP contribution in [0.1, 0.15) is 49.7 Å². The molecule has 2 aliphatic rings. The van der Waals surface area contributed by atoms with Gasteiger partial charge in [-0.15, -0.1) is 0 Å². The molecule has 1 aromatic heterocycles. The molecule has 2 aliphatic heterocycles. The number of hydrazone groups is 1. The molecule has 0 radical (unpaired) electrons. The van der Waals surface area contributed by atoms with Crippen LogP contribution in [0.2, 0.25) is 0 Å². The number of rotatable bonds is 8. The number of alkyl halides is 3. The average molecular weight is 728 g/mol. The Morgan fingerprint density at radius 2 is 1.47 bits per heavy atom. The minimum atomic E-state index is -4.73. The van der Waals surface area contributed by atoms with E-state index < -0.39 is 22.4 Å². The quantitative estimate of drug-likeness (QED) is 0.142. The van der Waals surface area contributed by atoms with Crippen LogP contribution in [0.15, 0.2) is 44.4 Å². The molecular formula is C27H27Br2F3N8O3. The number of nitrogens with one attached hydrogen (secondary N) is 1. The summed E-state index contributed by atoms with van der Waals surface area (Å²) in [4.78, 5) is 28.9. The lowest BCUT2D eigenvalue weighted by atomic mass is 10.1. The van der Waals surface area contributed by atoms with Crippen LogP contribution in [0.3, 0.4) is 0 Å². The maximum atomic E-state index is 13.1. The molecule has 0 spiro atoms. The van der Waals surface area contributed by atoms with Gasteiger partial charge >= 0.3 is 11.9 Å². The monoisotopic (exact) mass is 726 g/mol. The molecule has 2 fully saturated rings. The maximum Gasteiger partial charge on any atom is 0.416 e. The Bertz CT molecular complexity index is 1450. The van der Waals surface area contributed by atoms with Gasteiger partial charge in [0.25, 0.3) is 0 Å². The van der Waals surface area contributed by atoms with Crippen LogP contribution in [0.25, 0.3) is 0 Å². The van der Waals surface area contributed by atoms with E-state index in [0.717, 1.165) is 64.0 Å². The zero-order valence-electron chi connectivity index (χ0n) is 22.8. The highest BCUT2D eigenvalue weighted by atomic mass is 79.9. The Morgan fingerprint density at radius 3 is 1.98 bits per heavy atom. The standard InChI is InChI=1S/C27H27Br2F3N8O3/c28-19-13-17(14-20(29)23(19)43-22-8-7-18(27(30,31)32)15-21(22)40(41)42)16-33-37-24-34-25(38-9-3-1-4-10-38)36-26(35-24)39-11-5-2-6-12-39/h7-8,13-16H,1-6,9-12H2,(H,34,35,36,37)/b33-16+. The van der Waals surface area contributed by atoms with Crippen molar-refractivity contribution in [3.05, 3.63) is 60.5 Å². The van der Waals surface area contributed by atoms with E-state index >= 15 is 0 Å². The van der Waals surface area contributed by atoms with Gasteiger partial charge in [0.05, 0.1) is 25.6 Å². The molecule has 228 valence electrons. The zero-order valence-corrected chi connectivity index (χ0v) is 26.0. The van der Waals surface area contributed by atoms with Crippen LogP contribution in [-0.4, -0.2) is 52.3 Å². The number of piperidine rings is 2. The number of hydrogen-bond donors (Lipinski definition) is 1. The highest BCUT2D eigenvalue weighted by Gasteiger charge is 2.33. The molecule has 11 nitrogen and oxygen atoms in total. The van der Waals surface area contributed by atoms with Gasteiger partial charge in [-0.2, -0.15) is 33.2 Å². The minimum Gasteiger partial charge on any atom is -0.448 e. The molecule has 16 heteroatoms. The summed E-state index contributed by atoms with van der Waals surface area (Å²) in [6, 6.07) is 5.38. The largest absolute Gasteiger partial charge is 0.448 e. The number of aromatic nitrogens is 3. The summed E-state index contributed by atoms with van der Waals surface area (Å²) < 4.78 is 45.7. The van der Waals surface area contributed by atoms with E-state index in [1.807, 2.05) is 0 Å². The summed E-state index contributed by atoms with van der Waals surface area (Å²) in [7, 11) is 0. The molecule has 0 bridgehead atoms. The van der Waals surface area contributed by atoms with Crippen LogP contribution in [-0.2, 0) is 6.18 Å². The third kappa shape index (κ3) is 7.71. The number of anilines is 3. The third-order valence-corrected chi connectivity index (χ3v) is 8.16. The number of hydrogen-bond acceptors (Lipinski definition) is 10. The van der Waals surface area contributed by atoms with Gasteiger partial charge in [-0.3, -0.25) is 10.1 Å². The fraction of sp³-hybridized carbons (Fsp3) is 0.407. The van der Waals surface area contributed by atoms with E-state index in [0.29, 0.717) is 38.4 Å². The molecule has 3 heterocycles. The molecule has 43 heavy (non-hydrogen) atoms. The first-order valence-corrected chi connectivity index (χ1v) is 15.2. The number of ether oxygens (including phenoxy) is 1. The van der Waals surface area contributed by atoms with Crippen molar-refractivity contribution >= 4 is 61.6 Å². The van der Waals surface area contributed by atoms with Crippen molar-refractivity contribution in [2.75, 3.05) is 41.4 Å². The van der Waals surface area contributed by atoms with Crippen LogP contribution < -0.4 is 20.0 Å². The average Bonchev–Trinajstić information content (AvgIpc) is 2.99. The van der Waals surface area contributed by atoms with Crippen LogP contribution in [0, 0.1) is 10.1 Å². The van der Waals surface area contributed by atoms with Crippen molar-refractivity contribution < 1.29 is 22.8 Å². The molecular weight excluding hydrogens is 701 g/mol. The van der Waals surface area contributed by atoms with Crippen molar-refractivity contribution in [2.45, 2.75) is 44.7 Å². The van der Waals surface area contributed by atoms with E-state index in [2.05, 4.69) is 62.2 Å². The van der Waals surface area contributed by atoms with E-state index in [1.165, 1.54) is 19.1 Å². The Balaban J connectivity index is 1.34. The lowest BCUT2D eigenvalue weighted by molar-refractivity contribution is -0.385. The predicted octanol–water partition coefficient (Wildman–Crippen LogP) is 7.54. The molecule has 2 aromatic carbocycles. The Kier molecular flexibility index (Phi) is 9.64. The summed E-state index contributed by atoms with van der Waals surface area (Å²) in [5.41, 5.74) is 1.56. The first-order chi connectivity index (χ1) is 20.6. The lowest BCUT2D eigenvalue weighted by Gasteiger charge is -2.30. The lowest BCUT2D eigenvalue weighted by Crippen LogP contribution is -2.34. The van der Waals surface area contributed by atoms with E-state index in [-0.39, 0.29) is 11.5 Å². The molecule has 0 aliphatic carbocycles. The van der Waals surface area contributed by atoms with Crippen molar-refractivity contribution in [1.29, 1.82) is 0 Å². The third-order valence-electron chi connectivity index (χ3n) is 6.98. The SMILES string of the molecule is O=[N+]([O-])c1cc(C(F)(F)F)ccc1Oc1c(Br)cc(/C=N/Nc2nc(N3CCCCC3)nc(N3CCCCC3)n2)cc1Br. The molecule has 0 saturated carbocycles. The topological polar surface area (TPSA) is 122 Å². The highest BCUT2D eigenvalue weighted by Crippen LogP contribution is 2.42. The fourth-order valence-electron chi connectivity index (χ4n) is 4.82. The Hall–Kier alpha value is -3.53. The number of nitro groups is 1. The molecule has 0 atom stereocenters. The number of halogens is 5. The van der Waals surface area contributed by atoms with E-state index in [9.17, 15) is 23.3 Å². The second-order valence-corrected chi connectivity index (χ2v) is 11.8. The zero-order chi connectivity index (χ0) is 30.6. The van der Waals surface area contributed by atoms with Gasteiger partial charge < -0.3 is 14.5 Å². The minimum absolute atomic E-state index is 0.141. The smallest absolute Gasteiger partial charge is 0.416 e. The fourth-order valence-corrected chi connectivity index (χ4v) is 6.21. The van der Waals surface area contributed by atoms with E-state index in [4.69, 9.17) is 9.72 Å². The van der Waals surface area contributed by atoms with Gasteiger partial charge in [0.1, 0.15) is 0 Å². The van der Waals surface area contributed by atoms with Crippen molar-refractivity contribution in [1.82, 2.24) is 15.0 Å². The van der Waals surface area contributed by atoms with Crippen LogP contribution >= 0.6 is 31.9 Å². The summed E-state index contributed by atoms with van der Waals surface area (Å²) in [6.07, 6.45) is 3.51. The second kappa shape index (κ2) is 13.4. The molecule has 1 N–H and O–H groups in total. The van der Waals surface area contributed by atoms with Gasteiger partial charge in [0.2, 0.25) is 23.6 Å². The number of benzene rings is 2. The van der Waals surface area contributed by atoms with E-state index in [1.54, 1.807) is 12.1 Å². The Morgan fingerprint density at radius 1 is 0.907 bits per heavy atom. The molecule has 3 aromatic rings. The molecule has 0 unspecified atom stereocenters. The van der Waals surface area contributed by atoms with Gasteiger partial charge in [-0.05, 0) is 100 Å². The molecule has 5 rings (SSSR count). The second-order valence-electron chi connectivity index (χ2n) is 10.1.